The predicted octanol–water partition coefficient (Wildman–Crippen LogP) is -1.85. The molecule has 112 valence electrons. The third-order valence-corrected chi connectivity index (χ3v) is 2.13. The molecule has 0 rings (SSSR count). The van der Waals surface area contributed by atoms with E-state index in [1.54, 1.807) is 20.8 Å². The zero-order valence-corrected chi connectivity index (χ0v) is 11.1. The van der Waals surface area contributed by atoms with Gasteiger partial charge in [0, 0.05) is 0 Å². The summed E-state index contributed by atoms with van der Waals surface area (Å²) in [6, 6.07) is -1.47. The van der Waals surface area contributed by atoms with E-state index in [0.29, 0.717) is 0 Å². The lowest BCUT2D eigenvalue weighted by Gasteiger charge is -2.27. The highest BCUT2D eigenvalue weighted by Crippen LogP contribution is 2.08. The molecule has 0 heterocycles. The zero-order chi connectivity index (χ0) is 15.2. The van der Waals surface area contributed by atoms with Gasteiger partial charge in [0.25, 0.3) is 0 Å². The fourth-order valence-electron chi connectivity index (χ4n) is 1.19. The molecule has 0 saturated heterocycles. The molecule has 0 saturated carbocycles. The summed E-state index contributed by atoms with van der Waals surface area (Å²) < 4.78 is 4.87. The van der Waals surface area contributed by atoms with E-state index in [1.165, 1.54) is 0 Å². The highest BCUT2D eigenvalue weighted by Gasteiger charge is 2.32. The van der Waals surface area contributed by atoms with Gasteiger partial charge in [0.15, 0.2) is 0 Å². The summed E-state index contributed by atoms with van der Waals surface area (Å²) in [5.41, 5.74) is -0.786. The molecule has 19 heavy (non-hydrogen) atoms. The molecule has 0 aliphatic carbocycles. The second-order valence-electron chi connectivity index (χ2n) is 5.04. The molecule has 0 aromatic rings. The first-order chi connectivity index (χ1) is 8.62. The maximum Gasteiger partial charge on any atom is 0.408 e. The van der Waals surface area contributed by atoms with E-state index in [1.807, 2.05) is 0 Å². The van der Waals surface area contributed by atoms with Gasteiger partial charge >= 0.3 is 6.09 Å². The van der Waals surface area contributed by atoms with Crippen LogP contribution in [-0.4, -0.2) is 69.4 Å². The van der Waals surface area contributed by atoms with E-state index in [2.05, 4.69) is 5.32 Å². The van der Waals surface area contributed by atoms with Crippen LogP contribution in [0.15, 0.2) is 0 Å². The van der Waals surface area contributed by atoms with E-state index in [9.17, 15) is 19.8 Å². The Morgan fingerprint density at radius 2 is 1.79 bits per heavy atom. The quantitative estimate of drug-likeness (QED) is 0.360. The number of carbonyl (C=O) groups excluding carboxylic acids is 2. The van der Waals surface area contributed by atoms with Crippen molar-refractivity contribution in [3.63, 3.8) is 0 Å². The fraction of sp³-hybridized carbons (Fsp3) is 0.818. The van der Waals surface area contributed by atoms with Gasteiger partial charge < -0.3 is 35.3 Å². The largest absolute Gasteiger partial charge is 0.444 e. The number of rotatable bonds is 6. The molecule has 8 heteroatoms. The van der Waals surface area contributed by atoms with E-state index in [0.717, 1.165) is 0 Å². The number of hydrogen-bond acceptors (Lipinski definition) is 7. The van der Waals surface area contributed by atoms with Crippen molar-refractivity contribution in [2.24, 2.45) is 0 Å². The molecular weight excluding hydrogens is 258 g/mol. The van der Waals surface area contributed by atoms with Gasteiger partial charge in [-0.25, -0.2) is 4.79 Å². The lowest BCUT2D eigenvalue weighted by Crippen LogP contribution is -2.54. The van der Waals surface area contributed by atoms with Crippen LogP contribution < -0.4 is 5.32 Å². The average molecular weight is 279 g/mol. The number of carbonyl (C=O) groups is 2. The Morgan fingerprint density at radius 3 is 2.16 bits per heavy atom. The summed E-state index contributed by atoms with van der Waals surface area (Å²) in [6.45, 7) is 4.05. The van der Waals surface area contributed by atoms with E-state index >= 15 is 0 Å². The van der Waals surface area contributed by atoms with Crippen LogP contribution in [0.3, 0.4) is 0 Å². The van der Waals surface area contributed by atoms with Gasteiger partial charge in [0.2, 0.25) is 0 Å². The first-order valence-corrected chi connectivity index (χ1v) is 5.72. The molecule has 0 bridgehead atoms. The van der Waals surface area contributed by atoms with Gasteiger partial charge in [-0.05, 0) is 20.8 Å². The van der Waals surface area contributed by atoms with Crippen molar-refractivity contribution in [2.45, 2.75) is 50.7 Å². The van der Waals surface area contributed by atoms with Crippen molar-refractivity contribution >= 4 is 12.4 Å². The molecule has 0 aliphatic heterocycles. The summed E-state index contributed by atoms with van der Waals surface area (Å²) >= 11 is 0. The Bertz CT molecular complexity index is 302. The van der Waals surface area contributed by atoms with Gasteiger partial charge in [0.1, 0.15) is 36.2 Å². The second kappa shape index (κ2) is 7.39. The molecule has 0 radical (unpaired) electrons. The number of ether oxygens (including phenoxy) is 1. The van der Waals surface area contributed by atoms with Crippen molar-refractivity contribution < 1.29 is 34.8 Å². The minimum absolute atomic E-state index is 0.196. The van der Waals surface area contributed by atoms with Gasteiger partial charge in [-0.2, -0.15) is 0 Å². The molecule has 1 amide bonds. The zero-order valence-electron chi connectivity index (χ0n) is 11.1. The lowest BCUT2D eigenvalue weighted by atomic mass is 10.0. The van der Waals surface area contributed by atoms with Crippen molar-refractivity contribution in [2.75, 3.05) is 6.61 Å². The minimum Gasteiger partial charge on any atom is -0.444 e. The molecule has 0 spiro atoms. The summed E-state index contributed by atoms with van der Waals surface area (Å²) in [7, 11) is 0. The number of nitrogens with one attached hydrogen (secondary N) is 1. The molecule has 0 aliphatic rings. The average Bonchev–Trinajstić information content (AvgIpc) is 2.30. The van der Waals surface area contributed by atoms with Crippen LogP contribution in [0.2, 0.25) is 0 Å². The number of aldehydes is 1. The standard InChI is InChI=1S/C11H21NO7/c1-11(2,3)19-10(18)12-6(4-13)8(16)9(17)7(15)5-14/h4,6-9,14-17H,5H2,1-3H3,(H,12,18)/t6-,7+,8+,9-/m1/s1. The lowest BCUT2D eigenvalue weighted by molar-refractivity contribution is -0.120. The third kappa shape index (κ3) is 6.48. The molecular formula is C11H21NO7. The number of aliphatic hydroxyl groups excluding tert-OH is 4. The maximum absolute atomic E-state index is 11.4. The Hall–Kier alpha value is -1.22. The Kier molecular flexibility index (Phi) is 6.91. The first kappa shape index (κ1) is 17.8. The Balaban J connectivity index is 4.58. The Labute approximate surface area is 111 Å². The molecule has 0 unspecified atom stereocenters. The van der Waals surface area contributed by atoms with Crippen LogP contribution in [0.5, 0.6) is 0 Å². The van der Waals surface area contributed by atoms with Crippen molar-refractivity contribution in [3.05, 3.63) is 0 Å². The van der Waals surface area contributed by atoms with Crippen molar-refractivity contribution in [3.8, 4) is 0 Å². The number of hydrogen-bond donors (Lipinski definition) is 5. The highest BCUT2D eigenvalue weighted by atomic mass is 16.6. The first-order valence-electron chi connectivity index (χ1n) is 5.72. The number of amides is 1. The maximum atomic E-state index is 11.4. The number of alkyl carbamates (subject to hydrolysis) is 1. The molecule has 0 fully saturated rings. The van der Waals surface area contributed by atoms with E-state index < -0.39 is 42.7 Å². The fourth-order valence-corrected chi connectivity index (χ4v) is 1.19. The van der Waals surface area contributed by atoms with E-state index in [-0.39, 0.29) is 6.29 Å². The minimum atomic E-state index is -1.78. The highest BCUT2D eigenvalue weighted by molar-refractivity contribution is 5.73. The monoisotopic (exact) mass is 279 g/mol. The van der Waals surface area contributed by atoms with Gasteiger partial charge in [-0.15, -0.1) is 0 Å². The Morgan fingerprint density at radius 1 is 1.26 bits per heavy atom. The van der Waals surface area contributed by atoms with Crippen molar-refractivity contribution in [1.29, 1.82) is 0 Å². The number of aliphatic hydroxyl groups is 4. The van der Waals surface area contributed by atoms with Crippen LogP contribution in [0.1, 0.15) is 20.8 Å². The van der Waals surface area contributed by atoms with Gasteiger partial charge in [-0.3, -0.25) is 0 Å². The predicted molar refractivity (Wildman–Crippen MR) is 64.3 cm³/mol. The van der Waals surface area contributed by atoms with E-state index in [4.69, 9.17) is 14.9 Å². The van der Waals surface area contributed by atoms with Crippen LogP contribution in [-0.2, 0) is 9.53 Å². The van der Waals surface area contributed by atoms with Crippen LogP contribution in [0.25, 0.3) is 0 Å². The second-order valence-corrected chi connectivity index (χ2v) is 5.04. The topological polar surface area (TPSA) is 136 Å². The smallest absolute Gasteiger partial charge is 0.408 e. The van der Waals surface area contributed by atoms with Crippen LogP contribution in [0.4, 0.5) is 4.79 Å². The van der Waals surface area contributed by atoms with Crippen LogP contribution >= 0.6 is 0 Å². The molecule has 0 aromatic carbocycles. The van der Waals surface area contributed by atoms with Gasteiger partial charge in [0.05, 0.1) is 6.61 Å². The van der Waals surface area contributed by atoms with Crippen LogP contribution in [0, 0.1) is 0 Å². The molecule has 5 N–H and O–H groups in total. The molecule has 4 atom stereocenters. The van der Waals surface area contributed by atoms with Gasteiger partial charge in [-0.1, -0.05) is 0 Å². The summed E-state index contributed by atoms with van der Waals surface area (Å²) in [5, 5.41) is 38.8. The normalized spacial score (nSPS) is 18.1. The SMILES string of the molecule is CC(C)(C)OC(=O)N[C@H](C=O)[C@H](O)[C@H](O)[C@@H](O)CO. The molecule has 8 nitrogen and oxygen atoms in total. The van der Waals surface area contributed by atoms with Crippen molar-refractivity contribution in [1.82, 2.24) is 5.32 Å². The third-order valence-electron chi connectivity index (χ3n) is 2.13. The summed E-state index contributed by atoms with van der Waals surface area (Å²) in [4.78, 5) is 22.2. The molecule has 0 aromatic heterocycles. The summed E-state index contributed by atoms with van der Waals surface area (Å²) in [6.07, 6.45) is -5.93. The summed E-state index contributed by atoms with van der Waals surface area (Å²) in [5.74, 6) is 0.